The minimum absolute atomic E-state index is 0.0199. The van der Waals surface area contributed by atoms with E-state index in [9.17, 15) is 24.0 Å². The predicted octanol–water partition coefficient (Wildman–Crippen LogP) is 4.12. The zero-order chi connectivity index (χ0) is 42.6. The first-order chi connectivity index (χ1) is 30.1. The van der Waals surface area contributed by atoms with Crippen LogP contribution in [-0.4, -0.2) is 115 Å². The summed E-state index contributed by atoms with van der Waals surface area (Å²) in [5, 5.41) is 2.19. The maximum atomic E-state index is 15.4. The zero-order valence-electron chi connectivity index (χ0n) is 34.1. The highest BCUT2D eigenvalue weighted by Crippen LogP contribution is 2.36. The van der Waals surface area contributed by atoms with Crippen LogP contribution in [0.25, 0.3) is 16.9 Å². The molecule has 0 radical (unpaired) electrons. The van der Waals surface area contributed by atoms with Crippen LogP contribution < -0.4 is 26.4 Å². The Bertz CT molecular complexity index is 2630. The number of hydrogen-bond donors (Lipinski definition) is 2. The van der Waals surface area contributed by atoms with Gasteiger partial charge in [-0.2, -0.15) is 0 Å². The minimum Gasteiger partial charge on any atom is -0.457 e. The van der Waals surface area contributed by atoms with E-state index in [4.69, 9.17) is 10.5 Å². The molecule has 5 aliphatic rings. The van der Waals surface area contributed by atoms with Crippen LogP contribution in [0.15, 0.2) is 77.9 Å². The van der Waals surface area contributed by atoms with Crippen LogP contribution in [0.2, 0.25) is 0 Å². The molecule has 2 aromatic heterocycles. The van der Waals surface area contributed by atoms with E-state index in [1.54, 1.807) is 9.13 Å². The van der Waals surface area contributed by atoms with Gasteiger partial charge in [0.05, 0.1) is 22.5 Å². The van der Waals surface area contributed by atoms with Gasteiger partial charge in [-0.15, -0.1) is 0 Å². The van der Waals surface area contributed by atoms with Gasteiger partial charge in [0, 0.05) is 44.7 Å². The molecular weight excluding hydrogens is 796 g/mol. The summed E-state index contributed by atoms with van der Waals surface area (Å²) in [7, 11) is 0. The lowest BCUT2D eigenvalue weighted by atomic mass is 9.91. The normalized spacial score (nSPS) is 20.8. The minimum atomic E-state index is -1.10. The predicted molar refractivity (Wildman–Crippen MR) is 227 cm³/mol. The average Bonchev–Trinajstić information content (AvgIpc) is 3.69. The van der Waals surface area contributed by atoms with Gasteiger partial charge in [0.25, 0.3) is 11.8 Å². The van der Waals surface area contributed by atoms with Crippen molar-refractivity contribution in [2.75, 3.05) is 56.4 Å². The highest BCUT2D eigenvalue weighted by Gasteiger charge is 2.46. The van der Waals surface area contributed by atoms with Crippen molar-refractivity contribution < 1.29 is 28.3 Å². The fraction of sp³-hybridized carbons (Fsp3) is 0.400. The largest absolute Gasteiger partial charge is 0.457 e. The van der Waals surface area contributed by atoms with Crippen LogP contribution in [0, 0.1) is 11.7 Å². The number of imidazole rings is 1. The second-order valence-corrected chi connectivity index (χ2v) is 17.0. The third-order valence-electron chi connectivity index (χ3n) is 13.4. The van der Waals surface area contributed by atoms with Crippen LogP contribution in [0.5, 0.6) is 11.5 Å². The van der Waals surface area contributed by atoms with Crippen LogP contribution in [0.4, 0.5) is 15.9 Å². The van der Waals surface area contributed by atoms with Crippen molar-refractivity contribution in [3.63, 3.8) is 0 Å². The topological polar surface area (TPSA) is 181 Å². The van der Waals surface area contributed by atoms with Gasteiger partial charge in [0.1, 0.15) is 35.2 Å². The number of hydrogen-bond acceptors (Lipinski definition) is 12. The number of carbonyl (C=O) groups is 4. The van der Waals surface area contributed by atoms with E-state index in [1.807, 2.05) is 59.5 Å². The fourth-order valence-electron chi connectivity index (χ4n) is 9.90. The average molecular weight is 843 g/mol. The van der Waals surface area contributed by atoms with Crippen LogP contribution in [-0.2, 0) is 9.59 Å². The molecule has 3 aromatic carbocycles. The van der Waals surface area contributed by atoms with E-state index in [0.29, 0.717) is 41.6 Å². The van der Waals surface area contributed by atoms with E-state index in [2.05, 4.69) is 25.1 Å². The lowest BCUT2D eigenvalue weighted by molar-refractivity contribution is -0.136. The number of nitrogens with zero attached hydrogens (tertiary/aromatic N) is 8. The van der Waals surface area contributed by atoms with Crippen LogP contribution in [0.1, 0.15) is 71.7 Å². The van der Waals surface area contributed by atoms with Gasteiger partial charge in [-0.1, -0.05) is 18.2 Å². The Morgan fingerprint density at radius 2 is 1.48 bits per heavy atom. The molecule has 5 aliphatic heterocycles. The number of fused-ring (bicyclic) bond motifs is 2. The summed E-state index contributed by atoms with van der Waals surface area (Å²) in [5.41, 5.74) is 8.19. The number of nitrogens with one attached hydrogen (secondary N) is 1. The molecule has 4 saturated heterocycles. The van der Waals surface area contributed by atoms with E-state index < -0.39 is 35.5 Å². The first-order valence-corrected chi connectivity index (χ1v) is 21.4. The third kappa shape index (κ3) is 7.17. The number of amides is 4. The summed E-state index contributed by atoms with van der Waals surface area (Å²) in [5.74, 6) is -0.848. The number of nitrogens with two attached hydrogens (primary N) is 1. The molecule has 4 fully saturated rings. The summed E-state index contributed by atoms with van der Waals surface area (Å²) < 4.78 is 24.8. The summed E-state index contributed by atoms with van der Waals surface area (Å²) in [6, 6.07) is 18.6. The Hall–Kier alpha value is -6.46. The van der Waals surface area contributed by atoms with E-state index in [0.717, 1.165) is 81.5 Å². The van der Waals surface area contributed by atoms with Gasteiger partial charge in [-0.3, -0.25) is 43.4 Å². The molecule has 320 valence electrons. The van der Waals surface area contributed by atoms with Crippen molar-refractivity contribution in [1.82, 2.24) is 39.1 Å². The number of ether oxygens (including phenoxy) is 1. The maximum absolute atomic E-state index is 15.4. The van der Waals surface area contributed by atoms with Gasteiger partial charge < -0.3 is 20.3 Å². The first kappa shape index (κ1) is 39.7. The van der Waals surface area contributed by atoms with Gasteiger partial charge >= 0.3 is 5.69 Å². The number of imide groups is 2. The molecule has 4 amide bonds. The molecule has 3 N–H and O–H groups in total. The summed E-state index contributed by atoms with van der Waals surface area (Å²) in [4.78, 5) is 81.2. The van der Waals surface area contributed by atoms with Gasteiger partial charge in [0.2, 0.25) is 11.8 Å². The number of halogens is 1. The highest BCUT2D eigenvalue weighted by atomic mass is 19.1. The summed E-state index contributed by atoms with van der Waals surface area (Å²) in [6.07, 6.45) is 6.39. The molecule has 62 heavy (non-hydrogen) atoms. The van der Waals surface area contributed by atoms with Crippen molar-refractivity contribution in [3.05, 3.63) is 100 Å². The SMILES string of the molecule is Nc1ncnc2c1n(-c1ccc(Oc3ccccc3)cc1)c(=O)n2C1CCN(CCC2CCN(C3CN(c4cc5c(cc4F)C(=O)N(C4CCC(=O)NC4=O)C5=O)C3)CC2)CC1. The van der Waals surface area contributed by atoms with Crippen molar-refractivity contribution in [3.8, 4) is 17.2 Å². The van der Waals surface area contributed by atoms with Crippen molar-refractivity contribution in [1.29, 1.82) is 0 Å². The van der Waals surface area contributed by atoms with Crippen molar-refractivity contribution >= 4 is 46.3 Å². The molecular formula is C45H47FN10O6. The lowest BCUT2D eigenvalue weighted by Crippen LogP contribution is -2.61. The molecule has 1 unspecified atom stereocenters. The number of aromatic nitrogens is 4. The number of rotatable bonds is 10. The van der Waals surface area contributed by atoms with E-state index >= 15 is 4.39 Å². The van der Waals surface area contributed by atoms with Crippen molar-refractivity contribution in [2.24, 2.45) is 5.92 Å². The van der Waals surface area contributed by atoms with Crippen LogP contribution in [0.3, 0.4) is 0 Å². The fourth-order valence-corrected chi connectivity index (χ4v) is 9.90. The second kappa shape index (κ2) is 16.1. The summed E-state index contributed by atoms with van der Waals surface area (Å²) in [6.45, 7) is 5.91. The third-order valence-corrected chi connectivity index (χ3v) is 13.4. The molecule has 0 bridgehead atoms. The Morgan fingerprint density at radius 1 is 0.790 bits per heavy atom. The molecule has 1 atom stereocenters. The molecule has 16 nitrogen and oxygen atoms in total. The Kier molecular flexibility index (Phi) is 10.3. The second-order valence-electron chi connectivity index (χ2n) is 17.0. The Morgan fingerprint density at radius 3 is 2.19 bits per heavy atom. The lowest BCUT2D eigenvalue weighted by Gasteiger charge is -2.49. The monoisotopic (exact) mass is 842 g/mol. The van der Waals surface area contributed by atoms with Gasteiger partial charge in [0.15, 0.2) is 11.5 Å². The van der Waals surface area contributed by atoms with Crippen LogP contribution >= 0.6 is 0 Å². The number of nitrogen functional groups attached to an aromatic ring is 1. The smallest absolute Gasteiger partial charge is 0.335 e. The number of likely N-dealkylation sites (tertiary alicyclic amines) is 2. The molecule has 10 rings (SSSR count). The molecule has 5 aromatic rings. The van der Waals surface area contributed by atoms with E-state index in [-0.39, 0.29) is 53.2 Å². The number of carbonyl (C=O) groups excluding carboxylic acids is 4. The zero-order valence-corrected chi connectivity index (χ0v) is 34.1. The number of benzene rings is 3. The maximum Gasteiger partial charge on any atom is 0.335 e. The molecule has 0 spiro atoms. The van der Waals surface area contributed by atoms with Gasteiger partial charge in [-0.25, -0.2) is 19.2 Å². The number of piperidine rings is 3. The molecule has 0 saturated carbocycles. The summed E-state index contributed by atoms with van der Waals surface area (Å²) >= 11 is 0. The standard InChI is InChI=1S/C45H47FN10O6/c46-35-22-33-34(44(60)56(43(33)59)36-10-11-38(57)50-42(36)58)23-37(35)53-24-30(25-53)52-20-13-27(14-21-52)12-17-51-18-15-29(16-19-51)55-41-39(40(47)48-26-49-41)54(45(55)61)28-6-8-32(9-7-28)62-31-4-2-1-3-5-31/h1-9,22-23,26-27,29-30,36H,10-21,24-25H2,(H2,47,48,49)(H,50,57,58). The Balaban J connectivity index is 0.708. The number of para-hydroxylation sites is 1. The quantitative estimate of drug-likeness (QED) is 0.192. The molecule has 0 aliphatic carbocycles. The molecule has 17 heteroatoms. The first-order valence-electron chi connectivity index (χ1n) is 21.4. The Labute approximate surface area is 356 Å². The highest BCUT2D eigenvalue weighted by molar-refractivity contribution is 6.23. The van der Waals surface area contributed by atoms with Gasteiger partial charge in [-0.05, 0) is 113 Å². The van der Waals surface area contributed by atoms with E-state index in [1.165, 1.54) is 12.4 Å². The molecule has 7 heterocycles. The number of anilines is 2. The van der Waals surface area contributed by atoms with Crippen molar-refractivity contribution in [2.45, 2.75) is 63.1 Å².